The van der Waals surface area contributed by atoms with Gasteiger partial charge in [0.15, 0.2) is 0 Å². The highest BCUT2D eigenvalue weighted by molar-refractivity contribution is 7.87. The van der Waals surface area contributed by atoms with Gasteiger partial charge in [-0.25, -0.2) is 0 Å². The van der Waals surface area contributed by atoms with Gasteiger partial charge in [-0.3, -0.25) is 0 Å². The predicted molar refractivity (Wildman–Crippen MR) is 56.2 cm³/mol. The molecule has 0 aliphatic carbocycles. The summed E-state index contributed by atoms with van der Waals surface area (Å²) in [5.74, 6) is 0.407. The van der Waals surface area contributed by atoms with Crippen molar-refractivity contribution in [3.8, 4) is 0 Å². The van der Waals surface area contributed by atoms with E-state index in [9.17, 15) is 8.42 Å². The van der Waals surface area contributed by atoms with Crippen molar-refractivity contribution in [2.24, 2.45) is 5.92 Å². The van der Waals surface area contributed by atoms with Crippen LogP contribution in [0.4, 0.5) is 0 Å². The van der Waals surface area contributed by atoms with Crippen LogP contribution in [0.25, 0.3) is 0 Å². The molecule has 0 bridgehead atoms. The van der Waals surface area contributed by atoms with Crippen molar-refractivity contribution in [3.05, 3.63) is 0 Å². The summed E-state index contributed by atoms with van der Waals surface area (Å²) in [6, 6.07) is -0.00241. The molecule has 0 spiro atoms. The summed E-state index contributed by atoms with van der Waals surface area (Å²) in [6.07, 6.45) is 1.04. The molecule has 1 heterocycles. The largest absolute Gasteiger partial charge is 0.316 e. The minimum atomic E-state index is -3.28. The Balaban J connectivity index is 2.51. The van der Waals surface area contributed by atoms with Gasteiger partial charge in [0, 0.05) is 20.1 Å². The van der Waals surface area contributed by atoms with Gasteiger partial charge in [-0.2, -0.15) is 17.4 Å². The van der Waals surface area contributed by atoms with Crippen molar-refractivity contribution in [1.82, 2.24) is 14.3 Å². The van der Waals surface area contributed by atoms with Crippen molar-refractivity contribution in [3.63, 3.8) is 0 Å². The summed E-state index contributed by atoms with van der Waals surface area (Å²) >= 11 is 0. The Kier molecular flexibility index (Phi) is 3.88. The lowest BCUT2D eigenvalue weighted by Crippen LogP contribution is -2.44. The van der Waals surface area contributed by atoms with Crippen LogP contribution in [0.1, 0.15) is 13.3 Å². The quantitative estimate of drug-likeness (QED) is 0.665. The third kappa shape index (κ3) is 2.91. The fourth-order valence-electron chi connectivity index (χ4n) is 1.54. The number of nitrogens with zero attached hydrogens (tertiary/aromatic N) is 1. The molecule has 0 aromatic carbocycles. The smallest absolute Gasteiger partial charge is 0.279 e. The lowest BCUT2D eigenvalue weighted by atomic mass is 10.0. The fourth-order valence-corrected chi connectivity index (χ4v) is 2.41. The molecule has 1 aliphatic rings. The van der Waals surface area contributed by atoms with Gasteiger partial charge < -0.3 is 5.32 Å². The fraction of sp³-hybridized carbons (Fsp3) is 1.00. The van der Waals surface area contributed by atoms with E-state index in [-0.39, 0.29) is 6.04 Å². The van der Waals surface area contributed by atoms with E-state index in [1.807, 2.05) is 6.92 Å². The average Bonchev–Trinajstić information content (AvgIpc) is 2.54. The summed E-state index contributed by atoms with van der Waals surface area (Å²) in [5, 5.41) is 3.22. The van der Waals surface area contributed by atoms with Crippen LogP contribution in [0.3, 0.4) is 0 Å². The number of nitrogens with one attached hydrogen (secondary N) is 2. The van der Waals surface area contributed by atoms with E-state index >= 15 is 0 Å². The minimum Gasteiger partial charge on any atom is -0.316 e. The molecule has 84 valence electrons. The first kappa shape index (κ1) is 11.9. The molecule has 0 aromatic rings. The molecular formula is C8H19N3O2S. The monoisotopic (exact) mass is 221 g/mol. The summed E-state index contributed by atoms with van der Waals surface area (Å²) in [6.45, 7) is 3.80. The third-order valence-corrected chi connectivity index (χ3v) is 4.25. The molecule has 0 aromatic heterocycles. The molecule has 5 nitrogen and oxygen atoms in total. The SMILES string of the molecule is CC(NS(=O)(=O)N(C)C)C1CCNC1. The Labute approximate surface area is 86.0 Å². The Morgan fingerprint density at radius 1 is 1.50 bits per heavy atom. The van der Waals surface area contributed by atoms with Crippen LogP contribution in [-0.4, -0.2) is 45.9 Å². The molecular weight excluding hydrogens is 202 g/mol. The Bertz CT molecular complexity index is 270. The van der Waals surface area contributed by atoms with E-state index in [0.29, 0.717) is 5.92 Å². The molecule has 1 rings (SSSR count). The van der Waals surface area contributed by atoms with Crippen LogP contribution in [0, 0.1) is 5.92 Å². The number of hydrogen-bond donors (Lipinski definition) is 2. The Morgan fingerprint density at radius 2 is 2.14 bits per heavy atom. The molecule has 2 atom stereocenters. The molecule has 6 heteroatoms. The normalized spacial score (nSPS) is 25.6. The van der Waals surface area contributed by atoms with Gasteiger partial charge in [0.1, 0.15) is 0 Å². The molecule has 0 saturated carbocycles. The lowest BCUT2D eigenvalue weighted by Gasteiger charge is -2.21. The van der Waals surface area contributed by atoms with Gasteiger partial charge in [-0.15, -0.1) is 0 Å². The molecule has 1 fully saturated rings. The predicted octanol–water partition coefficient (Wildman–Crippen LogP) is -0.620. The molecule has 2 unspecified atom stereocenters. The summed E-state index contributed by atoms with van der Waals surface area (Å²) < 4.78 is 26.8. The van der Waals surface area contributed by atoms with E-state index in [1.54, 1.807) is 0 Å². The van der Waals surface area contributed by atoms with Crippen LogP contribution in [0.5, 0.6) is 0 Å². The maximum Gasteiger partial charge on any atom is 0.279 e. The van der Waals surface area contributed by atoms with Crippen LogP contribution < -0.4 is 10.0 Å². The standard InChI is InChI=1S/C8H19N3O2S/c1-7(8-4-5-9-6-8)10-14(12,13)11(2)3/h7-10H,4-6H2,1-3H3. The van der Waals surface area contributed by atoms with Gasteiger partial charge in [-0.1, -0.05) is 0 Å². The summed E-state index contributed by atoms with van der Waals surface area (Å²) in [4.78, 5) is 0. The first-order chi connectivity index (χ1) is 6.43. The highest BCUT2D eigenvalue weighted by Gasteiger charge is 2.25. The second kappa shape index (κ2) is 4.57. The summed E-state index contributed by atoms with van der Waals surface area (Å²) in [7, 11) is -0.220. The van der Waals surface area contributed by atoms with E-state index in [1.165, 1.54) is 18.4 Å². The molecule has 0 amide bonds. The maximum absolute atomic E-state index is 11.5. The van der Waals surface area contributed by atoms with Crippen molar-refractivity contribution >= 4 is 10.2 Å². The molecule has 1 saturated heterocycles. The molecule has 1 aliphatic heterocycles. The Hall–Kier alpha value is -0.170. The summed E-state index contributed by atoms with van der Waals surface area (Å²) in [5.41, 5.74) is 0. The van der Waals surface area contributed by atoms with Crippen LogP contribution in [0.2, 0.25) is 0 Å². The topological polar surface area (TPSA) is 61.4 Å². The van der Waals surface area contributed by atoms with E-state index in [4.69, 9.17) is 0 Å². The lowest BCUT2D eigenvalue weighted by molar-refractivity contribution is 0.425. The third-order valence-electron chi connectivity index (χ3n) is 2.62. The highest BCUT2D eigenvalue weighted by Crippen LogP contribution is 2.13. The second-order valence-electron chi connectivity index (χ2n) is 3.95. The van der Waals surface area contributed by atoms with Gasteiger partial charge in [0.05, 0.1) is 0 Å². The second-order valence-corrected chi connectivity index (χ2v) is 5.86. The zero-order valence-corrected chi connectivity index (χ0v) is 9.76. The van der Waals surface area contributed by atoms with Gasteiger partial charge in [0.2, 0.25) is 0 Å². The zero-order chi connectivity index (χ0) is 10.8. The van der Waals surface area contributed by atoms with Gasteiger partial charge in [0.25, 0.3) is 10.2 Å². The highest BCUT2D eigenvalue weighted by atomic mass is 32.2. The van der Waals surface area contributed by atoms with Crippen LogP contribution >= 0.6 is 0 Å². The maximum atomic E-state index is 11.5. The first-order valence-corrected chi connectivity index (χ1v) is 6.28. The zero-order valence-electron chi connectivity index (χ0n) is 8.95. The van der Waals surface area contributed by atoms with Gasteiger partial charge >= 0.3 is 0 Å². The van der Waals surface area contributed by atoms with Crippen molar-refractivity contribution < 1.29 is 8.42 Å². The van der Waals surface area contributed by atoms with E-state index in [2.05, 4.69) is 10.0 Å². The van der Waals surface area contributed by atoms with Crippen LogP contribution in [0.15, 0.2) is 0 Å². The number of hydrogen-bond acceptors (Lipinski definition) is 3. The molecule has 2 N–H and O–H groups in total. The van der Waals surface area contributed by atoms with Crippen LogP contribution in [-0.2, 0) is 10.2 Å². The van der Waals surface area contributed by atoms with E-state index in [0.717, 1.165) is 19.5 Å². The molecule has 0 radical (unpaired) electrons. The molecule has 14 heavy (non-hydrogen) atoms. The Morgan fingerprint density at radius 3 is 2.57 bits per heavy atom. The minimum absolute atomic E-state index is 0.00241. The number of rotatable bonds is 4. The van der Waals surface area contributed by atoms with Gasteiger partial charge in [-0.05, 0) is 32.4 Å². The average molecular weight is 221 g/mol. The van der Waals surface area contributed by atoms with Crippen molar-refractivity contribution in [2.75, 3.05) is 27.2 Å². The first-order valence-electron chi connectivity index (χ1n) is 4.84. The van der Waals surface area contributed by atoms with Crippen molar-refractivity contribution in [1.29, 1.82) is 0 Å². The van der Waals surface area contributed by atoms with Crippen molar-refractivity contribution in [2.45, 2.75) is 19.4 Å². The van der Waals surface area contributed by atoms with E-state index < -0.39 is 10.2 Å².